The highest BCUT2D eigenvalue weighted by Gasteiger charge is 2.18. The first-order valence-electron chi connectivity index (χ1n) is 6.45. The van der Waals surface area contributed by atoms with Crippen LogP contribution in [0.1, 0.15) is 39.5 Å². The number of unbranched alkanes of at least 4 members (excludes halogenated alkanes) is 1. The van der Waals surface area contributed by atoms with E-state index in [2.05, 4.69) is 12.2 Å². The zero-order valence-corrected chi connectivity index (χ0v) is 13.4. The van der Waals surface area contributed by atoms with Gasteiger partial charge in [0.25, 0.3) is 0 Å². The fourth-order valence-electron chi connectivity index (χ4n) is 1.86. The predicted octanol–water partition coefficient (Wildman–Crippen LogP) is 5.80. The van der Waals surface area contributed by atoms with E-state index in [9.17, 15) is 4.79 Å². The summed E-state index contributed by atoms with van der Waals surface area (Å²) < 4.78 is 0. The second kappa shape index (κ2) is 7.98. The van der Waals surface area contributed by atoms with E-state index in [-0.39, 0.29) is 11.8 Å². The van der Waals surface area contributed by atoms with Crippen molar-refractivity contribution in [1.29, 1.82) is 0 Å². The molecule has 0 radical (unpaired) electrons. The lowest BCUT2D eigenvalue weighted by Gasteiger charge is -2.16. The Bertz CT molecular complexity index is 425. The summed E-state index contributed by atoms with van der Waals surface area (Å²) in [6.45, 7) is 4.11. The largest absolute Gasteiger partial charge is 0.323 e. The Hall–Kier alpha value is -0.440. The van der Waals surface area contributed by atoms with Crippen molar-refractivity contribution < 1.29 is 4.79 Å². The second-order valence-corrected chi connectivity index (χ2v) is 5.73. The summed E-state index contributed by atoms with van der Waals surface area (Å²) in [5.74, 6) is -0.0511. The van der Waals surface area contributed by atoms with Crippen LogP contribution in [0.2, 0.25) is 15.1 Å². The van der Waals surface area contributed by atoms with Gasteiger partial charge in [-0.15, -0.1) is 0 Å². The SMILES string of the molecule is CCCC[C@@H](CC)C(=O)Nc1c(Cl)cc(Cl)cc1Cl. The van der Waals surface area contributed by atoms with Gasteiger partial charge in [0, 0.05) is 10.9 Å². The number of halogens is 3. The molecule has 0 aliphatic carbocycles. The molecule has 0 heterocycles. The van der Waals surface area contributed by atoms with Gasteiger partial charge >= 0.3 is 0 Å². The normalized spacial score (nSPS) is 12.3. The molecule has 0 unspecified atom stereocenters. The monoisotopic (exact) mass is 321 g/mol. The molecule has 0 aliphatic rings. The van der Waals surface area contributed by atoms with Crippen molar-refractivity contribution >= 4 is 46.4 Å². The topological polar surface area (TPSA) is 29.1 Å². The minimum Gasteiger partial charge on any atom is -0.323 e. The van der Waals surface area contributed by atoms with Crippen molar-refractivity contribution in [2.24, 2.45) is 5.92 Å². The summed E-state index contributed by atoms with van der Waals surface area (Å²) in [7, 11) is 0. The maximum atomic E-state index is 12.2. The number of amides is 1. The molecule has 0 saturated heterocycles. The van der Waals surface area contributed by atoms with E-state index in [1.165, 1.54) is 0 Å². The standard InChI is InChI=1S/C14H18Cl3NO/c1-3-5-6-9(4-2)14(19)18-13-11(16)7-10(15)8-12(13)17/h7-9H,3-6H2,1-2H3,(H,18,19)/t9-/m1/s1. The minimum absolute atomic E-state index is 0.0113. The number of hydrogen-bond acceptors (Lipinski definition) is 1. The Morgan fingerprint density at radius 2 is 1.79 bits per heavy atom. The highest BCUT2D eigenvalue weighted by atomic mass is 35.5. The lowest BCUT2D eigenvalue weighted by molar-refractivity contribution is -0.120. The molecular formula is C14H18Cl3NO. The molecule has 106 valence electrons. The van der Waals surface area contributed by atoms with E-state index in [0.29, 0.717) is 20.8 Å². The molecular weight excluding hydrogens is 305 g/mol. The third kappa shape index (κ3) is 4.87. The van der Waals surface area contributed by atoms with Crippen LogP contribution >= 0.6 is 34.8 Å². The van der Waals surface area contributed by atoms with Crippen LogP contribution in [-0.2, 0) is 4.79 Å². The number of rotatable bonds is 6. The molecule has 0 aromatic heterocycles. The van der Waals surface area contributed by atoms with Gasteiger partial charge in [0.1, 0.15) is 0 Å². The first kappa shape index (κ1) is 16.6. The van der Waals surface area contributed by atoms with Gasteiger partial charge in [-0.2, -0.15) is 0 Å². The van der Waals surface area contributed by atoms with Crippen molar-refractivity contribution in [3.8, 4) is 0 Å². The number of nitrogens with one attached hydrogen (secondary N) is 1. The number of anilines is 1. The van der Waals surface area contributed by atoms with E-state index in [1.807, 2.05) is 6.92 Å². The zero-order chi connectivity index (χ0) is 14.4. The third-order valence-electron chi connectivity index (χ3n) is 3.02. The van der Waals surface area contributed by atoms with Gasteiger partial charge < -0.3 is 5.32 Å². The Morgan fingerprint density at radius 3 is 2.26 bits per heavy atom. The van der Waals surface area contributed by atoms with Crippen LogP contribution in [-0.4, -0.2) is 5.91 Å². The van der Waals surface area contributed by atoms with Crippen LogP contribution < -0.4 is 5.32 Å². The second-order valence-electron chi connectivity index (χ2n) is 4.48. The Morgan fingerprint density at radius 1 is 1.21 bits per heavy atom. The molecule has 0 fully saturated rings. The average molecular weight is 323 g/mol. The van der Waals surface area contributed by atoms with Crippen LogP contribution in [0.4, 0.5) is 5.69 Å². The maximum absolute atomic E-state index is 12.2. The molecule has 2 nitrogen and oxygen atoms in total. The highest BCUT2D eigenvalue weighted by molar-refractivity contribution is 6.42. The smallest absolute Gasteiger partial charge is 0.227 e. The van der Waals surface area contributed by atoms with Crippen molar-refractivity contribution in [3.05, 3.63) is 27.2 Å². The van der Waals surface area contributed by atoms with Gasteiger partial charge in [-0.25, -0.2) is 0 Å². The summed E-state index contributed by atoms with van der Waals surface area (Å²) in [5, 5.41) is 3.97. The number of carbonyl (C=O) groups is 1. The maximum Gasteiger partial charge on any atom is 0.227 e. The molecule has 19 heavy (non-hydrogen) atoms. The summed E-state index contributed by atoms with van der Waals surface area (Å²) >= 11 is 17.9. The third-order valence-corrected chi connectivity index (χ3v) is 3.84. The first-order chi connectivity index (χ1) is 8.99. The van der Waals surface area contributed by atoms with Gasteiger partial charge in [-0.3, -0.25) is 4.79 Å². The van der Waals surface area contributed by atoms with Crippen LogP contribution in [0, 0.1) is 5.92 Å². The fraction of sp³-hybridized carbons (Fsp3) is 0.500. The van der Waals surface area contributed by atoms with E-state index < -0.39 is 0 Å². The van der Waals surface area contributed by atoms with E-state index >= 15 is 0 Å². The molecule has 1 aromatic rings. The summed E-state index contributed by atoms with van der Waals surface area (Å²) in [4.78, 5) is 12.2. The summed E-state index contributed by atoms with van der Waals surface area (Å²) in [6.07, 6.45) is 3.79. The lowest BCUT2D eigenvalue weighted by Crippen LogP contribution is -2.22. The molecule has 1 N–H and O–H groups in total. The van der Waals surface area contributed by atoms with Gasteiger partial charge in [-0.1, -0.05) is 61.5 Å². The van der Waals surface area contributed by atoms with Gasteiger partial charge in [0.2, 0.25) is 5.91 Å². The molecule has 1 atom stereocenters. The van der Waals surface area contributed by atoms with Crippen LogP contribution in [0.25, 0.3) is 0 Å². The Labute approximate surface area is 129 Å². The average Bonchev–Trinajstić information content (AvgIpc) is 2.34. The fourth-order valence-corrected chi connectivity index (χ4v) is 2.77. The molecule has 1 amide bonds. The summed E-state index contributed by atoms with van der Waals surface area (Å²) in [5.41, 5.74) is 0.438. The van der Waals surface area contributed by atoms with E-state index in [1.54, 1.807) is 12.1 Å². The van der Waals surface area contributed by atoms with E-state index in [0.717, 1.165) is 25.7 Å². The lowest BCUT2D eigenvalue weighted by atomic mass is 9.98. The number of carbonyl (C=O) groups excluding carboxylic acids is 1. The van der Waals surface area contributed by atoms with Gasteiger partial charge in [0.15, 0.2) is 0 Å². The van der Waals surface area contributed by atoms with Crippen molar-refractivity contribution in [3.63, 3.8) is 0 Å². The van der Waals surface area contributed by atoms with Crippen LogP contribution in [0.3, 0.4) is 0 Å². The van der Waals surface area contributed by atoms with Crippen LogP contribution in [0.15, 0.2) is 12.1 Å². The molecule has 0 bridgehead atoms. The van der Waals surface area contributed by atoms with Gasteiger partial charge in [-0.05, 0) is 25.0 Å². The summed E-state index contributed by atoms with van der Waals surface area (Å²) in [6, 6.07) is 3.13. The first-order valence-corrected chi connectivity index (χ1v) is 7.58. The predicted molar refractivity (Wildman–Crippen MR) is 83.4 cm³/mol. The number of benzene rings is 1. The van der Waals surface area contributed by atoms with Crippen molar-refractivity contribution in [2.45, 2.75) is 39.5 Å². The quantitative estimate of drug-likeness (QED) is 0.704. The Balaban J connectivity index is 2.81. The molecule has 1 aromatic carbocycles. The van der Waals surface area contributed by atoms with E-state index in [4.69, 9.17) is 34.8 Å². The minimum atomic E-state index is -0.0397. The highest BCUT2D eigenvalue weighted by Crippen LogP contribution is 2.34. The Kier molecular flexibility index (Phi) is 6.98. The molecule has 5 heteroatoms. The molecule has 0 saturated carbocycles. The van der Waals surface area contributed by atoms with Gasteiger partial charge in [0.05, 0.1) is 15.7 Å². The molecule has 0 spiro atoms. The van der Waals surface area contributed by atoms with Crippen LogP contribution in [0.5, 0.6) is 0 Å². The zero-order valence-electron chi connectivity index (χ0n) is 11.1. The molecule has 0 aliphatic heterocycles. The van der Waals surface area contributed by atoms with Crippen molar-refractivity contribution in [2.75, 3.05) is 5.32 Å². The number of hydrogen-bond donors (Lipinski definition) is 1. The van der Waals surface area contributed by atoms with Crippen molar-refractivity contribution in [1.82, 2.24) is 0 Å². The molecule has 1 rings (SSSR count).